The molecule has 0 unspecified atom stereocenters. The minimum atomic E-state index is -4.36. The molecule has 0 fully saturated rings. The topological polar surface area (TPSA) is 29.5 Å². The lowest BCUT2D eigenvalue weighted by Gasteiger charge is -2.16. The van der Waals surface area contributed by atoms with Gasteiger partial charge >= 0.3 is 6.18 Å². The Hall–Kier alpha value is -0.290. The van der Waals surface area contributed by atoms with Crippen LogP contribution in [0.2, 0.25) is 0 Å². The zero-order valence-corrected chi connectivity index (χ0v) is 5.48. The van der Waals surface area contributed by atoms with Crippen LogP contribution in [0.25, 0.3) is 0 Å². The number of hydrogen-bond acceptors (Lipinski definition) is 2. The fraction of sp³-hybridized carbons (Fsp3) is 1.00. The normalized spacial score (nSPS) is 15.3. The van der Waals surface area contributed by atoms with Crippen LogP contribution in [0.1, 0.15) is 6.42 Å². The Balaban J connectivity index is 3.81. The average molecular weight is 158 g/mol. The minimum Gasteiger partial charge on any atom is -0.396 e. The molecule has 0 bridgehead atoms. The smallest absolute Gasteiger partial charge is 0.396 e. The number of hydrogen-bond donors (Lipinski definition) is 1. The van der Waals surface area contributed by atoms with Crippen molar-refractivity contribution in [2.24, 2.45) is 0 Å². The first-order valence-electron chi connectivity index (χ1n) is 2.72. The van der Waals surface area contributed by atoms with Gasteiger partial charge in [-0.15, -0.1) is 0 Å². The van der Waals surface area contributed by atoms with E-state index in [1.54, 1.807) is 0 Å². The molecule has 10 heavy (non-hydrogen) atoms. The van der Waals surface area contributed by atoms with Crippen molar-refractivity contribution in [3.05, 3.63) is 0 Å². The number of methoxy groups -OCH3 is 1. The highest BCUT2D eigenvalue weighted by molar-refractivity contribution is 4.65. The van der Waals surface area contributed by atoms with Gasteiger partial charge in [-0.25, -0.2) is 0 Å². The number of alkyl halides is 3. The maximum Gasteiger partial charge on any atom is 0.414 e. The molecule has 0 amide bonds. The van der Waals surface area contributed by atoms with E-state index in [0.29, 0.717) is 0 Å². The summed E-state index contributed by atoms with van der Waals surface area (Å²) in [6.07, 6.45) is -6.60. The van der Waals surface area contributed by atoms with E-state index in [2.05, 4.69) is 4.74 Å². The molecule has 2 nitrogen and oxygen atoms in total. The summed E-state index contributed by atoms with van der Waals surface area (Å²) >= 11 is 0. The molecule has 62 valence electrons. The lowest BCUT2D eigenvalue weighted by atomic mass is 10.2. The second-order valence-electron chi connectivity index (χ2n) is 1.78. The van der Waals surface area contributed by atoms with Gasteiger partial charge in [-0.3, -0.25) is 0 Å². The Morgan fingerprint density at radius 2 is 2.00 bits per heavy atom. The van der Waals surface area contributed by atoms with E-state index >= 15 is 0 Å². The van der Waals surface area contributed by atoms with Crippen molar-refractivity contribution in [2.45, 2.75) is 18.7 Å². The van der Waals surface area contributed by atoms with Crippen molar-refractivity contribution in [1.82, 2.24) is 0 Å². The van der Waals surface area contributed by atoms with Gasteiger partial charge in [-0.1, -0.05) is 0 Å². The molecule has 0 aromatic rings. The van der Waals surface area contributed by atoms with Crippen molar-refractivity contribution in [1.29, 1.82) is 0 Å². The molecule has 1 N–H and O–H groups in total. The molecule has 0 spiro atoms. The van der Waals surface area contributed by atoms with Crippen LogP contribution in [0.3, 0.4) is 0 Å². The van der Waals surface area contributed by atoms with Crippen LogP contribution in [0, 0.1) is 0 Å². The summed E-state index contributed by atoms with van der Waals surface area (Å²) in [5.41, 5.74) is 0. The molecule has 0 aliphatic heterocycles. The van der Waals surface area contributed by atoms with Crippen molar-refractivity contribution in [2.75, 3.05) is 13.7 Å². The van der Waals surface area contributed by atoms with Crippen molar-refractivity contribution in [3.8, 4) is 0 Å². The summed E-state index contributed by atoms with van der Waals surface area (Å²) in [7, 11) is 0.966. The van der Waals surface area contributed by atoms with Crippen LogP contribution in [-0.2, 0) is 4.74 Å². The summed E-state index contributed by atoms with van der Waals surface area (Å²) in [6, 6.07) is 0. The van der Waals surface area contributed by atoms with E-state index in [1.807, 2.05) is 0 Å². The summed E-state index contributed by atoms with van der Waals surface area (Å²) in [5.74, 6) is 0. The molecule has 0 rings (SSSR count). The van der Waals surface area contributed by atoms with E-state index in [0.717, 1.165) is 7.11 Å². The fourth-order valence-electron chi connectivity index (χ4n) is 0.532. The monoisotopic (exact) mass is 158 g/mol. The molecule has 0 aromatic heterocycles. The molecule has 0 aromatic carbocycles. The predicted molar refractivity (Wildman–Crippen MR) is 28.6 cm³/mol. The molecule has 0 saturated carbocycles. The molecule has 1 atom stereocenters. The molecule has 0 saturated heterocycles. The largest absolute Gasteiger partial charge is 0.414 e. The number of ether oxygens (including phenoxy) is 1. The van der Waals surface area contributed by atoms with Crippen molar-refractivity contribution < 1.29 is 23.0 Å². The maximum atomic E-state index is 11.7. The van der Waals surface area contributed by atoms with Crippen LogP contribution < -0.4 is 0 Å². The number of aliphatic hydroxyl groups excluding tert-OH is 1. The zero-order chi connectivity index (χ0) is 8.20. The van der Waals surface area contributed by atoms with Crippen LogP contribution in [0.15, 0.2) is 0 Å². The lowest BCUT2D eigenvalue weighted by Crippen LogP contribution is -2.31. The van der Waals surface area contributed by atoms with Crippen LogP contribution >= 0.6 is 0 Å². The Morgan fingerprint density at radius 1 is 1.50 bits per heavy atom. The predicted octanol–water partition coefficient (Wildman–Crippen LogP) is 0.946. The third-order valence-electron chi connectivity index (χ3n) is 1.04. The van der Waals surface area contributed by atoms with Gasteiger partial charge in [0.1, 0.15) is 0 Å². The van der Waals surface area contributed by atoms with Gasteiger partial charge in [0.25, 0.3) is 0 Å². The van der Waals surface area contributed by atoms with Crippen LogP contribution in [0.4, 0.5) is 13.2 Å². The van der Waals surface area contributed by atoms with Crippen LogP contribution in [-0.4, -0.2) is 31.1 Å². The third kappa shape index (κ3) is 3.03. The summed E-state index contributed by atoms with van der Waals surface area (Å²) in [6.45, 7) is -0.516. The number of aliphatic hydroxyl groups is 1. The van der Waals surface area contributed by atoms with E-state index in [9.17, 15) is 13.2 Å². The first-order chi connectivity index (χ1) is 4.52. The molecule has 0 aliphatic carbocycles. The molecular weight excluding hydrogens is 149 g/mol. The first-order valence-corrected chi connectivity index (χ1v) is 2.72. The average Bonchev–Trinajstić information content (AvgIpc) is 1.80. The van der Waals surface area contributed by atoms with Gasteiger partial charge < -0.3 is 9.84 Å². The second-order valence-corrected chi connectivity index (χ2v) is 1.78. The van der Waals surface area contributed by atoms with E-state index in [4.69, 9.17) is 5.11 Å². The standard InChI is InChI=1S/C5H9F3O2/c1-10-4(2-3-9)5(6,7)8/h4,9H,2-3H2,1H3/t4-/m0/s1. The highest BCUT2D eigenvalue weighted by Crippen LogP contribution is 2.24. The summed E-state index contributed by atoms with van der Waals surface area (Å²) in [5, 5.41) is 8.15. The van der Waals surface area contributed by atoms with Crippen molar-refractivity contribution >= 4 is 0 Å². The lowest BCUT2D eigenvalue weighted by molar-refractivity contribution is -0.216. The Kier molecular flexibility index (Phi) is 3.67. The van der Waals surface area contributed by atoms with E-state index in [1.165, 1.54) is 0 Å². The minimum absolute atomic E-state index is 0.403. The highest BCUT2D eigenvalue weighted by Gasteiger charge is 2.39. The van der Waals surface area contributed by atoms with E-state index < -0.39 is 25.3 Å². The first kappa shape index (κ1) is 9.71. The summed E-state index contributed by atoms with van der Waals surface area (Å²) < 4.78 is 39.1. The van der Waals surface area contributed by atoms with Gasteiger partial charge in [0.15, 0.2) is 6.10 Å². The number of halogens is 3. The van der Waals surface area contributed by atoms with Gasteiger partial charge in [0.2, 0.25) is 0 Å². The third-order valence-corrected chi connectivity index (χ3v) is 1.04. The van der Waals surface area contributed by atoms with Crippen molar-refractivity contribution in [3.63, 3.8) is 0 Å². The molecular formula is C5H9F3O2. The number of rotatable bonds is 3. The van der Waals surface area contributed by atoms with Gasteiger partial charge in [0.05, 0.1) is 0 Å². The quantitative estimate of drug-likeness (QED) is 0.662. The fourth-order valence-corrected chi connectivity index (χ4v) is 0.532. The van der Waals surface area contributed by atoms with E-state index in [-0.39, 0.29) is 0 Å². The molecule has 0 aliphatic rings. The Labute approximate surface area is 56.6 Å². The van der Waals surface area contributed by atoms with Crippen LogP contribution in [0.5, 0.6) is 0 Å². The molecule has 5 heteroatoms. The van der Waals surface area contributed by atoms with Gasteiger partial charge in [0, 0.05) is 20.1 Å². The summed E-state index contributed by atoms with van der Waals surface area (Å²) in [4.78, 5) is 0. The maximum absolute atomic E-state index is 11.7. The zero-order valence-electron chi connectivity index (χ0n) is 5.48. The Morgan fingerprint density at radius 3 is 2.10 bits per heavy atom. The van der Waals surface area contributed by atoms with Gasteiger partial charge in [-0.2, -0.15) is 13.2 Å². The second kappa shape index (κ2) is 3.78. The highest BCUT2D eigenvalue weighted by atomic mass is 19.4. The van der Waals surface area contributed by atoms with Gasteiger partial charge in [-0.05, 0) is 0 Å². The Bertz CT molecular complexity index is 91.4. The SMILES string of the molecule is CO[C@@H](CCO)C(F)(F)F. The molecule has 0 radical (unpaired) electrons. The molecule has 0 heterocycles.